The van der Waals surface area contributed by atoms with E-state index in [-0.39, 0.29) is 6.01 Å². The Bertz CT molecular complexity index is 693. The van der Waals surface area contributed by atoms with Gasteiger partial charge in [-0.05, 0) is 12.1 Å². The lowest BCUT2D eigenvalue weighted by atomic mass is 10.1. The molecule has 2 aromatic heterocycles. The monoisotopic (exact) mass is 245 g/mol. The average molecular weight is 246 g/mol. The Morgan fingerprint density at radius 3 is 2.82 bits per heavy atom. The first-order valence-electron chi connectivity index (χ1n) is 5.01. The molecule has 0 spiro atoms. The predicted octanol–water partition coefficient (Wildman–Crippen LogP) is 3.13. The standard InChI is InChI=1S/C12H8ClN3O/c13-11-8(10-6-15-12(14)17-10)5-7-3-1-2-4-9(7)16-11/h1-6H,(H2,14,15). The Kier molecular flexibility index (Phi) is 2.23. The highest BCUT2D eigenvalue weighted by molar-refractivity contribution is 6.32. The molecule has 4 nitrogen and oxygen atoms in total. The molecular formula is C12H8ClN3O. The van der Waals surface area contributed by atoms with Crippen LogP contribution in [0.25, 0.3) is 22.2 Å². The van der Waals surface area contributed by atoms with Gasteiger partial charge >= 0.3 is 0 Å². The molecule has 2 N–H and O–H groups in total. The first kappa shape index (κ1) is 10.1. The maximum absolute atomic E-state index is 6.11. The quantitative estimate of drug-likeness (QED) is 0.669. The highest BCUT2D eigenvalue weighted by Crippen LogP contribution is 2.30. The fraction of sp³-hybridized carbons (Fsp3) is 0. The number of halogens is 1. The van der Waals surface area contributed by atoms with Gasteiger partial charge in [-0.25, -0.2) is 9.97 Å². The number of fused-ring (bicyclic) bond motifs is 1. The number of para-hydroxylation sites is 1. The van der Waals surface area contributed by atoms with Crippen LogP contribution in [-0.2, 0) is 0 Å². The number of rotatable bonds is 1. The van der Waals surface area contributed by atoms with E-state index in [2.05, 4.69) is 9.97 Å². The van der Waals surface area contributed by atoms with Gasteiger partial charge in [-0.2, -0.15) is 0 Å². The summed E-state index contributed by atoms with van der Waals surface area (Å²) in [6, 6.07) is 9.74. The van der Waals surface area contributed by atoms with Crippen molar-refractivity contribution in [2.24, 2.45) is 0 Å². The third-order valence-electron chi connectivity index (χ3n) is 2.47. The van der Waals surface area contributed by atoms with Crippen molar-refractivity contribution in [3.8, 4) is 11.3 Å². The molecule has 0 aliphatic heterocycles. The maximum atomic E-state index is 6.11. The van der Waals surface area contributed by atoms with Gasteiger partial charge < -0.3 is 10.2 Å². The summed E-state index contributed by atoms with van der Waals surface area (Å²) in [6.45, 7) is 0. The van der Waals surface area contributed by atoms with Crippen LogP contribution in [0.5, 0.6) is 0 Å². The van der Waals surface area contributed by atoms with Crippen molar-refractivity contribution >= 4 is 28.5 Å². The molecule has 0 aliphatic rings. The molecule has 17 heavy (non-hydrogen) atoms. The van der Waals surface area contributed by atoms with Crippen molar-refractivity contribution in [3.05, 3.63) is 41.7 Å². The van der Waals surface area contributed by atoms with Crippen molar-refractivity contribution in [2.45, 2.75) is 0 Å². The number of oxazole rings is 1. The van der Waals surface area contributed by atoms with Gasteiger partial charge in [0.25, 0.3) is 6.01 Å². The summed E-state index contributed by atoms with van der Waals surface area (Å²) in [4.78, 5) is 8.14. The molecule has 0 unspecified atom stereocenters. The predicted molar refractivity (Wildman–Crippen MR) is 66.7 cm³/mol. The molecule has 0 saturated heterocycles. The van der Waals surface area contributed by atoms with Crippen LogP contribution in [0.1, 0.15) is 0 Å². The number of benzene rings is 1. The summed E-state index contributed by atoms with van der Waals surface area (Å²) in [5.41, 5.74) is 6.97. The lowest BCUT2D eigenvalue weighted by Crippen LogP contribution is -1.84. The van der Waals surface area contributed by atoms with Gasteiger partial charge in [-0.15, -0.1) is 0 Å². The molecule has 0 amide bonds. The SMILES string of the molecule is Nc1ncc(-c2cc3ccccc3nc2Cl)o1. The minimum Gasteiger partial charge on any atom is -0.424 e. The van der Waals surface area contributed by atoms with Crippen LogP contribution in [0.3, 0.4) is 0 Å². The van der Waals surface area contributed by atoms with E-state index in [0.717, 1.165) is 10.9 Å². The Balaban J connectivity index is 2.26. The first-order valence-corrected chi connectivity index (χ1v) is 5.39. The number of nitrogen functional groups attached to an aromatic ring is 1. The van der Waals surface area contributed by atoms with Gasteiger partial charge in [0.1, 0.15) is 5.15 Å². The zero-order valence-corrected chi connectivity index (χ0v) is 9.48. The first-order chi connectivity index (χ1) is 8.24. The normalized spacial score (nSPS) is 10.9. The summed E-state index contributed by atoms with van der Waals surface area (Å²) >= 11 is 6.11. The molecule has 0 radical (unpaired) electrons. The maximum Gasteiger partial charge on any atom is 0.292 e. The minimum absolute atomic E-state index is 0.115. The lowest BCUT2D eigenvalue weighted by Gasteiger charge is -2.02. The van der Waals surface area contributed by atoms with Crippen molar-refractivity contribution < 1.29 is 4.42 Å². The minimum atomic E-state index is 0.115. The smallest absolute Gasteiger partial charge is 0.292 e. The van der Waals surface area contributed by atoms with E-state index in [1.165, 1.54) is 6.20 Å². The number of nitrogens with two attached hydrogens (primary N) is 1. The number of pyridine rings is 1. The number of hydrogen-bond donors (Lipinski definition) is 1. The number of anilines is 1. The van der Waals surface area contributed by atoms with Gasteiger partial charge in [0.15, 0.2) is 5.76 Å². The molecule has 1 aromatic carbocycles. The topological polar surface area (TPSA) is 64.9 Å². The fourth-order valence-corrected chi connectivity index (χ4v) is 1.92. The molecule has 5 heteroatoms. The van der Waals surface area contributed by atoms with Crippen LogP contribution in [-0.4, -0.2) is 9.97 Å². The highest BCUT2D eigenvalue weighted by Gasteiger charge is 2.11. The van der Waals surface area contributed by atoms with E-state index in [9.17, 15) is 0 Å². The molecule has 0 fully saturated rings. The van der Waals surface area contributed by atoms with Crippen molar-refractivity contribution in [1.29, 1.82) is 0 Å². The van der Waals surface area contributed by atoms with Crippen molar-refractivity contribution in [3.63, 3.8) is 0 Å². The second-order valence-electron chi connectivity index (χ2n) is 3.58. The van der Waals surface area contributed by atoms with Gasteiger partial charge in [0, 0.05) is 5.39 Å². The van der Waals surface area contributed by atoms with Gasteiger partial charge in [-0.3, -0.25) is 0 Å². The number of hydrogen-bond acceptors (Lipinski definition) is 4. The average Bonchev–Trinajstić information content (AvgIpc) is 2.75. The molecule has 0 atom stereocenters. The van der Waals surface area contributed by atoms with Gasteiger partial charge in [-0.1, -0.05) is 29.8 Å². The molecule has 84 valence electrons. The van der Waals surface area contributed by atoms with Crippen molar-refractivity contribution in [2.75, 3.05) is 5.73 Å². The summed E-state index contributed by atoms with van der Waals surface area (Å²) in [5, 5.41) is 1.36. The second kappa shape index (κ2) is 3.75. The number of nitrogens with zero attached hydrogens (tertiary/aromatic N) is 2. The summed E-state index contributed by atoms with van der Waals surface area (Å²) < 4.78 is 5.24. The van der Waals surface area contributed by atoms with Crippen LogP contribution in [0.15, 0.2) is 40.9 Å². The molecule has 3 aromatic rings. The van der Waals surface area contributed by atoms with E-state index in [0.29, 0.717) is 16.5 Å². The third kappa shape index (κ3) is 1.72. The molecular weight excluding hydrogens is 238 g/mol. The zero-order valence-electron chi connectivity index (χ0n) is 8.72. The van der Waals surface area contributed by atoms with Crippen LogP contribution < -0.4 is 5.73 Å². The lowest BCUT2D eigenvalue weighted by molar-refractivity contribution is 0.595. The molecule has 0 aliphatic carbocycles. The summed E-state index contributed by atoms with van der Waals surface area (Å²) in [6.07, 6.45) is 1.53. The largest absolute Gasteiger partial charge is 0.424 e. The Morgan fingerprint density at radius 1 is 1.24 bits per heavy atom. The van der Waals surface area contributed by atoms with E-state index in [4.69, 9.17) is 21.8 Å². The van der Waals surface area contributed by atoms with E-state index < -0.39 is 0 Å². The Hall–Kier alpha value is -2.07. The van der Waals surface area contributed by atoms with Crippen LogP contribution in [0.4, 0.5) is 6.01 Å². The molecule has 0 bridgehead atoms. The molecule has 3 rings (SSSR count). The fourth-order valence-electron chi connectivity index (χ4n) is 1.68. The Labute approximate surface area is 102 Å². The van der Waals surface area contributed by atoms with Gasteiger partial charge in [0.05, 0.1) is 17.3 Å². The summed E-state index contributed by atoms with van der Waals surface area (Å²) in [5.74, 6) is 0.519. The third-order valence-corrected chi connectivity index (χ3v) is 2.75. The summed E-state index contributed by atoms with van der Waals surface area (Å²) in [7, 11) is 0. The van der Waals surface area contributed by atoms with E-state index in [1.54, 1.807) is 0 Å². The molecule has 0 saturated carbocycles. The van der Waals surface area contributed by atoms with Crippen molar-refractivity contribution in [1.82, 2.24) is 9.97 Å². The van der Waals surface area contributed by atoms with E-state index in [1.807, 2.05) is 30.3 Å². The Morgan fingerprint density at radius 2 is 2.06 bits per heavy atom. The van der Waals surface area contributed by atoms with Crippen LogP contribution in [0.2, 0.25) is 5.15 Å². The number of aromatic nitrogens is 2. The van der Waals surface area contributed by atoms with E-state index >= 15 is 0 Å². The van der Waals surface area contributed by atoms with Crippen LogP contribution in [0, 0.1) is 0 Å². The highest BCUT2D eigenvalue weighted by atomic mass is 35.5. The van der Waals surface area contributed by atoms with Crippen LogP contribution >= 0.6 is 11.6 Å². The second-order valence-corrected chi connectivity index (χ2v) is 3.94. The zero-order chi connectivity index (χ0) is 11.8. The van der Waals surface area contributed by atoms with Gasteiger partial charge in [0.2, 0.25) is 0 Å². The molecule has 2 heterocycles.